The number of hydrogen-bond donors (Lipinski definition) is 4. The molecule has 0 heterocycles. The summed E-state index contributed by atoms with van der Waals surface area (Å²) < 4.78 is 26.6. The second-order valence-corrected chi connectivity index (χ2v) is 3.32. The topological polar surface area (TPSA) is 96.2 Å². The van der Waals surface area contributed by atoms with Gasteiger partial charge in [-0.3, -0.25) is 15.4 Å². The molecule has 0 spiro atoms. The quantitative estimate of drug-likeness (QED) is 0.441. The normalized spacial score (nSPS) is 9.78. The van der Waals surface area contributed by atoms with Crippen LogP contribution < -0.4 is 21.9 Å². The molecule has 0 aliphatic heterocycles. The average molecular weight is 258 g/mol. The standard InChI is InChI=1S/C10H12F2N4O2/c1-14-8(17)4-15-10(18)5-2-6(11)9(16-13)7(12)3-5/h2-3,16H,4,13H2,1H3,(H,14,17)(H,15,18). The second-order valence-electron chi connectivity index (χ2n) is 3.32. The number of hydrazine groups is 1. The van der Waals surface area contributed by atoms with Crippen molar-refractivity contribution in [2.45, 2.75) is 0 Å². The monoisotopic (exact) mass is 258 g/mol. The van der Waals surface area contributed by atoms with Crippen LogP contribution in [-0.2, 0) is 4.79 Å². The van der Waals surface area contributed by atoms with Crippen LogP contribution in [0.25, 0.3) is 0 Å². The van der Waals surface area contributed by atoms with Gasteiger partial charge < -0.3 is 16.1 Å². The molecular weight excluding hydrogens is 246 g/mol. The lowest BCUT2D eigenvalue weighted by Crippen LogP contribution is -2.35. The average Bonchev–Trinajstić information content (AvgIpc) is 2.34. The van der Waals surface area contributed by atoms with E-state index in [4.69, 9.17) is 5.84 Å². The highest BCUT2D eigenvalue weighted by Crippen LogP contribution is 2.19. The summed E-state index contributed by atoms with van der Waals surface area (Å²) in [5, 5.41) is 4.49. The minimum Gasteiger partial charge on any atom is -0.358 e. The van der Waals surface area contributed by atoms with Gasteiger partial charge in [-0.05, 0) is 12.1 Å². The van der Waals surface area contributed by atoms with E-state index in [0.717, 1.165) is 12.1 Å². The number of halogens is 2. The van der Waals surface area contributed by atoms with E-state index in [-0.39, 0.29) is 12.1 Å². The zero-order valence-corrected chi connectivity index (χ0v) is 9.51. The third-order valence-electron chi connectivity index (χ3n) is 2.14. The number of likely N-dealkylation sites (N-methyl/N-ethyl adjacent to an activating group) is 1. The van der Waals surface area contributed by atoms with Gasteiger partial charge in [0.1, 0.15) is 5.69 Å². The Hall–Kier alpha value is -2.22. The Labute approximate surface area is 102 Å². The van der Waals surface area contributed by atoms with Gasteiger partial charge in [-0.25, -0.2) is 8.78 Å². The molecule has 0 radical (unpaired) electrons. The predicted molar refractivity (Wildman–Crippen MR) is 60.6 cm³/mol. The van der Waals surface area contributed by atoms with Crippen LogP contribution in [0.1, 0.15) is 10.4 Å². The molecule has 1 aromatic carbocycles. The Balaban J connectivity index is 2.84. The summed E-state index contributed by atoms with van der Waals surface area (Å²) in [4.78, 5) is 22.4. The molecule has 8 heteroatoms. The molecule has 2 amide bonds. The fraction of sp³-hybridized carbons (Fsp3) is 0.200. The third-order valence-corrected chi connectivity index (χ3v) is 2.14. The Kier molecular flexibility index (Phi) is 4.55. The largest absolute Gasteiger partial charge is 0.358 e. The van der Waals surface area contributed by atoms with Crippen LogP contribution in [0.5, 0.6) is 0 Å². The first-order valence-electron chi connectivity index (χ1n) is 4.94. The van der Waals surface area contributed by atoms with Gasteiger partial charge in [0.05, 0.1) is 6.54 Å². The van der Waals surface area contributed by atoms with E-state index in [1.807, 2.05) is 5.43 Å². The highest BCUT2D eigenvalue weighted by molar-refractivity contribution is 5.96. The number of amides is 2. The van der Waals surface area contributed by atoms with Crippen molar-refractivity contribution in [1.82, 2.24) is 10.6 Å². The Bertz CT molecular complexity index is 456. The molecule has 1 rings (SSSR count). The number of hydrogen-bond acceptors (Lipinski definition) is 4. The second kappa shape index (κ2) is 5.92. The van der Waals surface area contributed by atoms with E-state index in [0.29, 0.717) is 0 Å². The number of carbonyl (C=O) groups excluding carboxylic acids is 2. The summed E-state index contributed by atoms with van der Waals surface area (Å²) in [5.74, 6) is 1.73. The number of nitrogens with one attached hydrogen (secondary N) is 3. The summed E-state index contributed by atoms with van der Waals surface area (Å²) in [6.45, 7) is -0.282. The lowest BCUT2D eigenvalue weighted by molar-refractivity contribution is -0.119. The Morgan fingerprint density at radius 2 is 1.83 bits per heavy atom. The summed E-state index contributed by atoms with van der Waals surface area (Å²) in [6, 6.07) is 1.63. The van der Waals surface area contributed by atoms with Crippen LogP contribution in [0.4, 0.5) is 14.5 Å². The van der Waals surface area contributed by atoms with E-state index < -0.39 is 29.1 Å². The van der Waals surface area contributed by atoms with Crippen LogP contribution >= 0.6 is 0 Å². The van der Waals surface area contributed by atoms with E-state index in [9.17, 15) is 18.4 Å². The maximum Gasteiger partial charge on any atom is 0.251 e. The van der Waals surface area contributed by atoms with Crippen molar-refractivity contribution in [3.8, 4) is 0 Å². The molecule has 0 bridgehead atoms. The van der Waals surface area contributed by atoms with Crippen LogP contribution in [0.3, 0.4) is 0 Å². The minimum atomic E-state index is -0.998. The lowest BCUT2D eigenvalue weighted by Gasteiger charge is -2.08. The SMILES string of the molecule is CNC(=O)CNC(=O)c1cc(F)c(NN)c(F)c1. The Morgan fingerprint density at radius 1 is 1.28 bits per heavy atom. The number of nitrogen functional groups attached to an aromatic ring is 1. The number of rotatable bonds is 4. The molecule has 18 heavy (non-hydrogen) atoms. The summed E-state index contributed by atoms with van der Waals surface area (Å²) in [6.07, 6.45) is 0. The van der Waals surface area contributed by atoms with E-state index in [2.05, 4.69) is 10.6 Å². The highest BCUT2D eigenvalue weighted by Gasteiger charge is 2.14. The molecule has 0 saturated heterocycles. The van der Waals surface area contributed by atoms with Gasteiger partial charge in [-0.2, -0.15) is 0 Å². The van der Waals surface area contributed by atoms with E-state index in [1.165, 1.54) is 7.05 Å². The lowest BCUT2D eigenvalue weighted by atomic mass is 10.1. The van der Waals surface area contributed by atoms with Gasteiger partial charge in [0.2, 0.25) is 5.91 Å². The Morgan fingerprint density at radius 3 is 2.28 bits per heavy atom. The number of nitrogens with two attached hydrogens (primary N) is 1. The van der Waals surface area contributed by atoms with Crippen LogP contribution in [-0.4, -0.2) is 25.4 Å². The number of benzene rings is 1. The molecule has 0 aromatic heterocycles. The van der Waals surface area contributed by atoms with Gasteiger partial charge in [0, 0.05) is 12.6 Å². The predicted octanol–water partition coefficient (Wildman–Crippen LogP) is -0.274. The van der Waals surface area contributed by atoms with E-state index in [1.54, 1.807) is 0 Å². The molecule has 5 N–H and O–H groups in total. The first kappa shape index (κ1) is 13.8. The highest BCUT2D eigenvalue weighted by atomic mass is 19.1. The number of anilines is 1. The summed E-state index contributed by atoms with van der Waals surface area (Å²) in [7, 11) is 1.40. The molecule has 0 aliphatic carbocycles. The van der Waals surface area contributed by atoms with Crippen LogP contribution in [0.15, 0.2) is 12.1 Å². The van der Waals surface area contributed by atoms with Gasteiger partial charge >= 0.3 is 0 Å². The molecule has 0 fully saturated rings. The third kappa shape index (κ3) is 3.14. The molecule has 0 atom stereocenters. The molecule has 0 unspecified atom stereocenters. The van der Waals surface area contributed by atoms with Gasteiger partial charge in [0.15, 0.2) is 11.6 Å². The fourth-order valence-corrected chi connectivity index (χ4v) is 1.19. The maximum absolute atomic E-state index is 13.3. The molecule has 0 aliphatic rings. The van der Waals surface area contributed by atoms with E-state index >= 15 is 0 Å². The number of carbonyl (C=O) groups is 2. The van der Waals surface area contributed by atoms with Gasteiger partial charge in [-0.15, -0.1) is 0 Å². The first-order valence-corrected chi connectivity index (χ1v) is 4.94. The van der Waals surface area contributed by atoms with Crippen molar-refractivity contribution >= 4 is 17.5 Å². The van der Waals surface area contributed by atoms with Crippen molar-refractivity contribution in [2.24, 2.45) is 5.84 Å². The molecule has 0 saturated carbocycles. The molecule has 98 valence electrons. The first-order chi connectivity index (χ1) is 8.49. The van der Waals surface area contributed by atoms with Crippen molar-refractivity contribution in [1.29, 1.82) is 0 Å². The minimum absolute atomic E-state index is 0.243. The zero-order chi connectivity index (χ0) is 13.7. The van der Waals surface area contributed by atoms with Crippen molar-refractivity contribution in [3.63, 3.8) is 0 Å². The maximum atomic E-state index is 13.3. The van der Waals surface area contributed by atoms with Gasteiger partial charge in [0.25, 0.3) is 5.91 Å². The van der Waals surface area contributed by atoms with Crippen molar-refractivity contribution in [2.75, 3.05) is 19.0 Å². The summed E-state index contributed by atoms with van der Waals surface area (Å²) in [5.41, 5.74) is 1.07. The molecule has 1 aromatic rings. The molecular formula is C10H12F2N4O2. The fourth-order valence-electron chi connectivity index (χ4n) is 1.19. The smallest absolute Gasteiger partial charge is 0.251 e. The van der Waals surface area contributed by atoms with Crippen LogP contribution in [0, 0.1) is 11.6 Å². The van der Waals surface area contributed by atoms with Crippen molar-refractivity contribution in [3.05, 3.63) is 29.3 Å². The van der Waals surface area contributed by atoms with Crippen LogP contribution in [0.2, 0.25) is 0 Å². The summed E-state index contributed by atoms with van der Waals surface area (Å²) >= 11 is 0. The van der Waals surface area contributed by atoms with Gasteiger partial charge in [-0.1, -0.05) is 0 Å². The van der Waals surface area contributed by atoms with Crippen molar-refractivity contribution < 1.29 is 18.4 Å². The zero-order valence-electron chi connectivity index (χ0n) is 9.51. The molecule has 6 nitrogen and oxygen atoms in total.